The molecule has 0 aliphatic rings. The number of ether oxygens (including phenoxy) is 1. The maximum atomic E-state index is 12.1. The number of nitrogens with one attached hydrogen (secondary N) is 3. The molecular weight excluding hydrogens is 358 g/mol. The van der Waals surface area contributed by atoms with Crippen LogP contribution in [0.2, 0.25) is 0 Å². The Morgan fingerprint density at radius 2 is 1.71 bits per heavy atom. The van der Waals surface area contributed by atoms with Gasteiger partial charge in [0.05, 0.1) is 18.4 Å². The summed E-state index contributed by atoms with van der Waals surface area (Å²) in [5, 5.41) is 7.68. The minimum Gasteiger partial charge on any atom is -0.497 e. The molecule has 3 N–H and O–H groups in total. The zero-order valence-corrected chi connectivity index (χ0v) is 15.7. The van der Waals surface area contributed by atoms with Crippen LogP contribution in [0.15, 0.2) is 61.2 Å². The summed E-state index contributed by atoms with van der Waals surface area (Å²) < 4.78 is 5.09. The van der Waals surface area contributed by atoms with Crippen LogP contribution in [0.25, 0.3) is 0 Å². The van der Waals surface area contributed by atoms with Crippen molar-refractivity contribution in [2.24, 2.45) is 0 Å². The minimum absolute atomic E-state index is 0.263. The molecule has 2 aromatic rings. The third-order valence-electron chi connectivity index (χ3n) is 3.89. The highest BCUT2D eigenvalue weighted by Crippen LogP contribution is 2.15. The molecule has 7 nitrogen and oxygen atoms in total. The molecule has 0 aliphatic heterocycles. The molecule has 0 saturated heterocycles. The summed E-state index contributed by atoms with van der Waals surface area (Å²) in [6, 6.07) is 13.9. The molecule has 0 aromatic heterocycles. The van der Waals surface area contributed by atoms with Gasteiger partial charge in [-0.25, -0.2) is 0 Å². The lowest BCUT2D eigenvalue weighted by Gasteiger charge is -2.11. The second kappa shape index (κ2) is 10.5. The monoisotopic (exact) mass is 381 g/mol. The Hall–Kier alpha value is -3.61. The number of anilines is 1. The highest BCUT2D eigenvalue weighted by atomic mass is 16.5. The average molecular weight is 381 g/mol. The number of para-hydroxylation sites is 1. The van der Waals surface area contributed by atoms with E-state index in [1.807, 2.05) is 24.3 Å². The summed E-state index contributed by atoms with van der Waals surface area (Å²) in [6.45, 7) is 4.14. The zero-order chi connectivity index (χ0) is 20.4. The van der Waals surface area contributed by atoms with Crippen molar-refractivity contribution in [3.05, 3.63) is 72.3 Å². The van der Waals surface area contributed by atoms with Crippen LogP contribution in [0.1, 0.15) is 15.9 Å². The first kappa shape index (κ1) is 20.7. The van der Waals surface area contributed by atoms with E-state index in [0.717, 1.165) is 11.3 Å². The van der Waals surface area contributed by atoms with Gasteiger partial charge in [-0.3, -0.25) is 14.4 Å². The molecule has 0 spiro atoms. The van der Waals surface area contributed by atoms with Gasteiger partial charge in [-0.15, -0.1) is 6.58 Å². The predicted octanol–water partition coefficient (Wildman–Crippen LogP) is 1.91. The van der Waals surface area contributed by atoms with Crippen LogP contribution < -0.4 is 20.7 Å². The molecule has 2 aromatic carbocycles. The van der Waals surface area contributed by atoms with Gasteiger partial charge in [0.2, 0.25) is 0 Å². The van der Waals surface area contributed by atoms with Gasteiger partial charge in [-0.05, 0) is 36.2 Å². The molecule has 0 bridgehead atoms. The van der Waals surface area contributed by atoms with Crippen LogP contribution in [-0.2, 0) is 16.0 Å². The first-order valence-electron chi connectivity index (χ1n) is 8.75. The molecule has 28 heavy (non-hydrogen) atoms. The largest absolute Gasteiger partial charge is 0.497 e. The van der Waals surface area contributed by atoms with E-state index in [2.05, 4.69) is 22.5 Å². The Balaban J connectivity index is 1.89. The van der Waals surface area contributed by atoms with E-state index < -0.39 is 11.8 Å². The van der Waals surface area contributed by atoms with Crippen LogP contribution in [0.5, 0.6) is 5.75 Å². The summed E-state index contributed by atoms with van der Waals surface area (Å²) in [5.41, 5.74) is 1.54. The van der Waals surface area contributed by atoms with Gasteiger partial charge in [0.25, 0.3) is 5.91 Å². The van der Waals surface area contributed by atoms with Gasteiger partial charge in [-0.2, -0.15) is 0 Å². The number of methoxy groups -OCH3 is 1. The van der Waals surface area contributed by atoms with Crippen LogP contribution in [0, 0.1) is 0 Å². The highest BCUT2D eigenvalue weighted by Gasteiger charge is 2.17. The van der Waals surface area contributed by atoms with Gasteiger partial charge in [0, 0.05) is 13.1 Å². The molecule has 0 saturated carbocycles. The Labute approximate surface area is 163 Å². The quantitative estimate of drug-likeness (QED) is 0.481. The lowest BCUT2D eigenvalue weighted by molar-refractivity contribution is -0.136. The summed E-state index contributed by atoms with van der Waals surface area (Å²) in [5.74, 6) is -1.22. The molecule has 0 heterocycles. The maximum absolute atomic E-state index is 12.1. The van der Waals surface area contributed by atoms with Gasteiger partial charge >= 0.3 is 11.8 Å². The Morgan fingerprint density at radius 3 is 2.39 bits per heavy atom. The number of hydrogen-bond donors (Lipinski definition) is 3. The van der Waals surface area contributed by atoms with Crippen molar-refractivity contribution in [2.75, 3.05) is 25.5 Å². The van der Waals surface area contributed by atoms with Gasteiger partial charge in [0.1, 0.15) is 5.75 Å². The van der Waals surface area contributed by atoms with E-state index in [-0.39, 0.29) is 17.2 Å². The van der Waals surface area contributed by atoms with Gasteiger partial charge in [0.15, 0.2) is 0 Å². The molecule has 0 atom stereocenters. The molecule has 0 fully saturated rings. The lowest BCUT2D eigenvalue weighted by atomic mass is 10.1. The van der Waals surface area contributed by atoms with Crippen molar-refractivity contribution < 1.29 is 19.1 Å². The number of amides is 3. The second-order valence-electron chi connectivity index (χ2n) is 5.85. The van der Waals surface area contributed by atoms with Crippen LogP contribution in [-0.4, -0.2) is 37.9 Å². The van der Waals surface area contributed by atoms with E-state index in [1.165, 1.54) is 0 Å². The van der Waals surface area contributed by atoms with Crippen molar-refractivity contribution in [2.45, 2.75) is 6.42 Å². The molecule has 0 unspecified atom stereocenters. The van der Waals surface area contributed by atoms with Crippen molar-refractivity contribution in [3.63, 3.8) is 0 Å². The fourth-order valence-corrected chi connectivity index (χ4v) is 2.42. The summed E-state index contributed by atoms with van der Waals surface area (Å²) >= 11 is 0. The van der Waals surface area contributed by atoms with E-state index in [4.69, 9.17) is 4.74 Å². The van der Waals surface area contributed by atoms with Crippen LogP contribution in [0.4, 0.5) is 5.69 Å². The second-order valence-corrected chi connectivity index (χ2v) is 5.85. The summed E-state index contributed by atoms with van der Waals surface area (Å²) in [7, 11) is 1.59. The van der Waals surface area contributed by atoms with Crippen molar-refractivity contribution in [1.82, 2.24) is 10.6 Å². The predicted molar refractivity (Wildman–Crippen MR) is 107 cm³/mol. The molecule has 3 amide bonds. The third-order valence-corrected chi connectivity index (χ3v) is 3.89. The Kier molecular flexibility index (Phi) is 7.77. The molecule has 0 aliphatic carbocycles. The van der Waals surface area contributed by atoms with Crippen LogP contribution >= 0.6 is 0 Å². The number of benzene rings is 2. The van der Waals surface area contributed by atoms with Crippen molar-refractivity contribution in [1.29, 1.82) is 0 Å². The number of rotatable bonds is 8. The normalized spacial score (nSPS) is 9.89. The molecule has 146 valence electrons. The number of hydrogen-bond acceptors (Lipinski definition) is 4. The van der Waals surface area contributed by atoms with E-state index in [1.54, 1.807) is 37.5 Å². The molecule has 2 rings (SSSR count). The fraction of sp³-hybridized carbons (Fsp3) is 0.190. The summed E-state index contributed by atoms with van der Waals surface area (Å²) in [4.78, 5) is 36.3. The van der Waals surface area contributed by atoms with E-state index in [0.29, 0.717) is 19.5 Å². The zero-order valence-electron chi connectivity index (χ0n) is 15.7. The van der Waals surface area contributed by atoms with Gasteiger partial charge < -0.3 is 20.7 Å². The molecule has 7 heteroatoms. The fourth-order valence-electron chi connectivity index (χ4n) is 2.42. The van der Waals surface area contributed by atoms with Gasteiger partial charge in [-0.1, -0.05) is 30.3 Å². The SMILES string of the molecule is C=CCNC(=O)c1ccccc1NC(=O)C(=O)NCCc1ccc(OC)cc1. The summed E-state index contributed by atoms with van der Waals surface area (Å²) in [6.07, 6.45) is 2.12. The Morgan fingerprint density at radius 1 is 1.00 bits per heavy atom. The van der Waals surface area contributed by atoms with E-state index >= 15 is 0 Å². The third kappa shape index (κ3) is 5.98. The number of carbonyl (C=O) groups excluding carboxylic acids is 3. The molecular formula is C21H23N3O4. The lowest BCUT2D eigenvalue weighted by Crippen LogP contribution is -2.37. The van der Waals surface area contributed by atoms with E-state index in [9.17, 15) is 14.4 Å². The van der Waals surface area contributed by atoms with Crippen molar-refractivity contribution >= 4 is 23.4 Å². The molecule has 0 radical (unpaired) electrons. The minimum atomic E-state index is -0.835. The first-order chi connectivity index (χ1) is 13.5. The topological polar surface area (TPSA) is 96.5 Å². The smallest absolute Gasteiger partial charge is 0.313 e. The average Bonchev–Trinajstić information content (AvgIpc) is 2.72. The number of carbonyl (C=O) groups is 3. The highest BCUT2D eigenvalue weighted by molar-refractivity contribution is 6.40. The maximum Gasteiger partial charge on any atom is 0.313 e. The van der Waals surface area contributed by atoms with Crippen LogP contribution in [0.3, 0.4) is 0 Å². The first-order valence-corrected chi connectivity index (χ1v) is 8.75. The van der Waals surface area contributed by atoms with Crippen molar-refractivity contribution in [3.8, 4) is 5.75 Å². The Bertz CT molecular complexity index is 847. The standard InChI is InChI=1S/C21H23N3O4/c1-3-13-22-19(25)17-6-4-5-7-18(17)24-21(27)20(26)23-14-12-15-8-10-16(28-2)11-9-15/h3-11H,1,12-14H2,2H3,(H,22,25)(H,23,26)(H,24,27).